The molecular formula is C20H12N4S. The largest absolute Gasteiger partial charge is 0.354 e. The summed E-state index contributed by atoms with van der Waals surface area (Å²) in [5.74, 6) is 0. The third kappa shape index (κ3) is 2.75. The smallest absolute Gasteiger partial charge is 0.0659 e. The van der Waals surface area contributed by atoms with E-state index in [9.17, 15) is 0 Å². The van der Waals surface area contributed by atoms with Gasteiger partial charge in [-0.05, 0) is 66.8 Å². The number of nitrogens with zero attached hydrogens (tertiary/aromatic N) is 3. The van der Waals surface area contributed by atoms with Crippen LogP contribution in [0.25, 0.3) is 0 Å². The Morgan fingerprint density at radius 2 is 1.12 bits per heavy atom. The van der Waals surface area contributed by atoms with Crippen LogP contribution in [0, 0.1) is 0 Å². The number of nitrogens with one attached hydrogen (secondary N) is 1. The van der Waals surface area contributed by atoms with Crippen LogP contribution in [0.5, 0.6) is 0 Å². The molecule has 0 radical (unpaired) electrons. The maximum atomic E-state index is 5.45. The van der Waals surface area contributed by atoms with Crippen molar-refractivity contribution in [2.45, 2.75) is 0 Å². The molecule has 0 aromatic carbocycles. The Labute approximate surface area is 150 Å². The molecule has 4 nitrogen and oxygen atoms in total. The van der Waals surface area contributed by atoms with Gasteiger partial charge in [-0.1, -0.05) is 12.2 Å². The lowest BCUT2D eigenvalue weighted by Crippen LogP contribution is -2.09. The third-order valence-electron chi connectivity index (χ3n) is 4.07. The van der Waals surface area contributed by atoms with Crippen molar-refractivity contribution in [3.05, 3.63) is 95.3 Å². The Hall–Kier alpha value is -3.18. The first-order valence-electron chi connectivity index (χ1n) is 7.91. The highest BCUT2D eigenvalue weighted by molar-refractivity contribution is 7.81. The van der Waals surface area contributed by atoms with Gasteiger partial charge in [0.05, 0.1) is 44.8 Å². The van der Waals surface area contributed by atoms with Gasteiger partial charge in [-0.25, -0.2) is 15.0 Å². The Kier molecular flexibility index (Phi) is 3.08. The molecule has 5 heterocycles. The Morgan fingerprint density at radius 3 is 1.72 bits per heavy atom. The van der Waals surface area contributed by atoms with E-state index >= 15 is 0 Å². The molecule has 0 fully saturated rings. The quantitative estimate of drug-likeness (QED) is 0.687. The van der Waals surface area contributed by atoms with E-state index in [4.69, 9.17) is 12.2 Å². The normalized spacial score (nSPS) is 22.6. The second-order valence-corrected chi connectivity index (χ2v) is 6.40. The topological polar surface area (TPSA) is 49.1 Å². The Balaban J connectivity index is 1.64. The summed E-state index contributed by atoms with van der Waals surface area (Å²) >= 11 is 5.45. The van der Waals surface area contributed by atoms with Gasteiger partial charge in [0.2, 0.25) is 0 Å². The predicted octanol–water partition coefficient (Wildman–Crippen LogP) is 3.43. The van der Waals surface area contributed by atoms with Gasteiger partial charge in [0, 0.05) is 5.70 Å². The van der Waals surface area contributed by atoms with Gasteiger partial charge in [0.25, 0.3) is 0 Å². The molecule has 0 aromatic rings. The van der Waals surface area contributed by atoms with Crippen LogP contribution in [0.1, 0.15) is 0 Å². The minimum atomic E-state index is 0.768. The van der Waals surface area contributed by atoms with Crippen molar-refractivity contribution in [2.75, 3.05) is 0 Å². The number of fused-ring (bicyclic) bond motifs is 5. The molecule has 0 amide bonds. The molecule has 8 bridgehead atoms. The molecule has 0 spiro atoms. The van der Waals surface area contributed by atoms with Crippen LogP contribution in [0.3, 0.4) is 0 Å². The molecule has 0 saturated heterocycles. The third-order valence-corrected chi connectivity index (χ3v) is 4.41. The molecule has 0 atom stereocenters. The number of rotatable bonds is 0. The number of hydrogen-bond donors (Lipinski definition) is 1. The summed E-state index contributed by atoms with van der Waals surface area (Å²) in [6, 6.07) is 0. The van der Waals surface area contributed by atoms with Crippen LogP contribution in [-0.4, -0.2) is 22.0 Å². The lowest BCUT2D eigenvalue weighted by Gasteiger charge is -2.02. The van der Waals surface area contributed by atoms with Crippen molar-refractivity contribution >= 4 is 34.2 Å². The van der Waals surface area contributed by atoms with Crippen molar-refractivity contribution < 1.29 is 0 Å². The molecule has 1 N–H and O–H groups in total. The number of aliphatic imine (C=N–C) groups is 3. The first-order valence-corrected chi connectivity index (χ1v) is 8.32. The van der Waals surface area contributed by atoms with Crippen molar-refractivity contribution in [1.82, 2.24) is 5.32 Å². The van der Waals surface area contributed by atoms with Gasteiger partial charge in [0.1, 0.15) is 0 Å². The first-order chi connectivity index (χ1) is 12.2. The van der Waals surface area contributed by atoms with E-state index in [0.29, 0.717) is 0 Å². The van der Waals surface area contributed by atoms with Crippen LogP contribution in [0.2, 0.25) is 0 Å². The van der Waals surface area contributed by atoms with E-state index in [1.54, 1.807) is 0 Å². The molecule has 0 aromatic heterocycles. The second-order valence-electron chi connectivity index (χ2n) is 5.96. The van der Waals surface area contributed by atoms with Crippen LogP contribution in [0.4, 0.5) is 0 Å². The fourth-order valence-electron chi connectivity index (χ4n) is 2.93. The Morgan fingerprint density at radius 1 is 0.600 bits per heavy atom. The van der Waals surface area contributed by atoms with Crippen LogP contribution >= 0.6 is 12.2 Å². The van der Waals surface area contributed by atoms with Gasteiger partial charge in [-0.2, -0.15) is 0 Å². The molecular weight excluding hydrogens is 328 g/mol. The standard InChI is InChI=1S/C20H12N4S/c25-20-11-18-9-16-4-3-14(22-16)7-12-1-2-13(21-12)8-15-5-6-17(23-15)10-19(20)24-18/h1-11,24H. The van der Waals surface area contributed by atoms with Gasteiger partial charge in [-0.15, -0.1) is 0 Å². The summed E-state index contributed by atoms with van der Waals surface area (Å²) in [6.07, 6.45) is 21.7. The number of allylic oxidation sites excluding steroid dienone is 11. The predicted molar refractivity (Wildman–Crippen MR) is 106 cm³/mol. The first kappa shape index (κ1) is 14.2. The summed E-state index contributed by atoms with van der Waals surface area (Å²) in [5.41, 5.74) is 7.08. The van der Waals surface area contributed by atoms with Crippen LogP contribution in [-0.2, 0) is 0 Å². The van der Waals surface area contributed by atoms with E-state index < -0.39 is 0 Å². The summed E-state index contributed by atoms with van der Waals surface area (Å²) in [5, 5.41) is 3.33. The number of thiocarbonyl (C=S) groups is 1. The van der Waals surface area contributed by atoms with Crippen LogP contribution in [0.15, 0.2) is 110 Å². The molecule has 0 unspecified atom stereocenters. The molecule has 5 rings (SSSR count). The minimum Gasteiger partial charge on any atom is -0.354 e. The molecule has 118 valence electrons. The van der Waals surface area contributed by atoms with Crippen LogP contribution < -0.4 is 5.32 Å². The van der Waals surface area contributed by atoms with Crippen molar-refractivity contribution in [3.8, 4) is 0 Å². The Bertz CT molecular complexity index is 1060. The highest BCUT2D eigenvalue weighted by Crippen LogP contribution is 2.21. The van der Waals surface area contributed by atoms with Gasteiger partial charge >= 0.3 is 0 Å². The molecule has 0 saturated carbocycles. The zero-order valence-electron chi connectivity index (χ0n) is 13.1. The summed E-state index contributed by atoms with van der Waals surface area (Å²) in [6.45, 7) is 0. The van der Waals surface area contributed by atoms with E-state index in [-0.39, 0.29) is 0 Å². The molecule has 5 aliphatic rings. The van der Waals surface area contributed by atoms with Gasteiger partial charge in [-0.3, -0.25) is 0 Å². The lowest BCUT2D eigenvalue weighted by molar-refractivity contribution is 1.10. The summed E-state index contributed by atoms with van der Waals surface area (Å²) < 4.78 is 0. The fourth-order valence-corrected chi connectivity index (χ4v) is 3.17. The monoisotopic (exact) mass is 340 g/mol. The zero-order valence-corrected chi connectivity index (χ0v) is 13.9. The minimum absolute atomic E-state index is 0.768. The van der Waals surface area contributed by atoms with Gasteiger partial charge < -0.3 is 5.32 Å². The highest BCUT2D eigenvalue weighted by atomic mass is 32.1. The lowest BCUT2D eigenvalue weighted by atomic mass is 10.2. The zero-order chi connectivity index (χ0) is 16.8. The van der Waals surface area contributed by atoms with Crippen molar-refractivity contribution in [1.29, 1.82) is 0 Å². The maximum Gasteiger partial charge on any atom is 0.0659 e. The average Bonchev–Trinajstić information content (AvgIpc) is 3.33. The van der Waals surface area contributed by atoms with Crippen molar-refractivity contribution in [2.24, 2.45) is 15.0 Å². The van der Waals surface area contributed by atoms with E-state index in [1.165, 1.54) is 0 Å². The SMILES string of the molecule is S=C1C=C2C=C3C=CC(=N3)C=C3C=CC(=N3)C=C3C=CC(=N3)C=C1N2. The molecule has 5 aliphatic heterocycles. The molecule has 5 heteroatoms. The van der Waals surface area contributed by atoms with Gasteiger partial charge in [0.15, 0.2) is 0 Å². The summed E-state index contributed by atoms with van der Waals surface area (Å²) in [7, 11) is 0. The molecule has 25 heavy (non-hydrogen) atoms. The fraction of sp³-hybridized carbons (Fsp3) is 0. The van der Waals surface area contributed by atoms with Crippen molar-refractivity contribution in [3.63, 3.8) is 0 Å². The highest BCUT2D eigenvalue weighted by Gasteiger charge is 2.16. The number of hydrogen-bond acceptors (Lipinski definition) is 5. The summed E-state index contributed by atoms with van der Waals surface area (Å²) in [4.78, 5) is 14.6. The average molecular weight is 340 g/mol. The maximum absolute atomic E-state index is 5.45. The second kappa shape index (κ2) is 5.43. The molecule has 0 aliphatic carbocycles. The van der Waals surface area contributed by atoms with E-state index in [2.05, 4.69) is 20.3 Å². The van der Waals surface area contributed by atoms with E-state index in [0.717, 1.165) is 50.5 Å². The van der Waals surface area contributed by atoms with E-state index in [1.807, 2.05) is 66.8 Å².